The van der Waals surface area contributed by atoms with Gasteiger partial charge in [0.25, 0.3) is 0 Å². The van der Waals surface area contributed by atoms with Crippen LogP contribution in [0.5, 0.6) is 0 Å². The highest BCUT2D eigenvalue weighted by Crippen LogP contribution is 2.44. The third-order valence-corrected chi connectivity index (χ3v) is 9.36. The van der Waals surface area contributed by atoms with Crippen LogP contribution < -0.4 is 0 Å². The number of rotatable bonds is 3. The maximum Gasteiger partial charge on any atom is 0.0545 e. The number of aromatic nitrogens is 2. The number of benzene rings is 3. The summed E-state index contributed by atoms with van der Waals surface area (Å²) < 4.78 is 5.03. The molecule has 3 aliphatic carbocycles. The van der Waals surface area contributed by atoms with E-state index in [-0.39, 0.29) is 0 Å². The van der Waals surface area contributed by atoms with Crippen LogP contribution in [-0.4, -0.2) is 9.13 Å². The van der Waals surface area contributed by atoms with Gasteiger partial charge in [0, 0.05) is 44.4 Å². The molecule has 42 heavy (non-hydrogen) atoms. The summed E-state index contributed by atoms with van der Waals surface area (Å²) >= 11 is 0. The SMILES string of the molecule is c1ccc2c(c#1)C=C(n1c3ccccc3c3c4c5c(n(-c6ccc(C7=CCCC=C7)cc6)c4ccc31)CCC=C5)CC2. The van der Waals surface area contributed by atoms with E-state index in [2.05, 4.69) is 124 Å². The molecule has 3 aliphatic rings. The van der Waals surface area contributed by atoms with Crippen molar-refractivity contribution >= 4 is 56.1 Å². The van der Waals surface area contributed by atoms with E-state index in [9.17, 15) is 0 Å². The van der Waals surface area contributed by atoms with Crippen molar-refractivity contribution in [3.8, 4) is 5.69 Å². The van der Waals surface area contributed by atoms with Gasteiger partial charge in [0.05, 0.1) is 16.6 Å². The molecule has 0 fully saturated rings. The Balaban J connectivity index is 1.30. The number of hydrogen-bond acceptors (Lipinski definition) is 0. The van der Waals surface area contributed by atoms with Gasteiger partial charge in [-0.3, -0.25) is 0 Å². The van der Waals surface area contributed by atoms with Crippen molar-refractivity contribution in [2.75, 3.05) is 0 Å². The Hall–Kier alpha value is -5.00. The van der Waals surface area contributed by atoms with E-state index in [1.165, 1.54) is 77.6 Å². The van der Waals surface area contributed by atoms with Crippen LogP contribution in [0.3, 0.4) is 0 Å². The second-order valence-electron chi connectivity index (χ2n) is 11.7. The molecule has 0 radical (unpaired) electrons. The summed E-state index contributed by atoms with van der Waals surface area (Å²) in [4.78, 5) is 0. The predicted octanol–water partition coefficient (Wildman–Crippen LogP) is 9.98. The van der Waals surface area contributed by atoms with Crippen LogP contribution >= 0.6 is 0 Å². The first-order valence-electron chi connectivity index (χ1n) is 15.2. The second-order valence-corrected chi connectivity index (χ2v) is 11.7. The zero-order chi connectivity index (χ0) is 27.6. The molecular formula is C40H30N2. The van der Waals surface area contributed by atoms with Gasteiger partial charge in [0.2, 0.25) is 0 Å². The van der Waals surface area contributed by atoms with Crippen molar-refractivity contribution in [2.45, 2.75) is 38.5 Å². The first-order valence-corrected chi connectivity index (χ1v) is 15.2. The van der Waals surface area contributed by atoms with Crippen molar-refractivity contribution in [1.82, 2.24) is 9.13 Å². The number of nitrogens with zero attached hydrogens (tertiary/aromatic N) is 2. The molecule has 0 N–H and O–H groups in total. The second kappa shape index (κ2) is 9.26. The number of allylic oxidation sites excluding steroid dienone is 6. The third kappa shape index (κ3) is 3.47. The van der Waals surface area contributed by atoms with Crippen LogP contribution in [0.15, 0.2) is 97.1 Å². The van der Waals surface area contributed by atoms with Gasteiger partial charge in [-0.2, -0.15) is 0 Å². The van der Waals surface area contributed by atoms with Crippen molar-refractivity contribution in [3.63, 3.8) is 0 Å². The molecule has 2 heterocycles. The van der Waals surface area contributed by atoms with E-state index in [0.717, 1.165) is 38.5 Å². The largest absolute Gasteiger partial charge is 0.313 e. The minimum Gasteiger partial charge on any atom is -0.313 e. The standard InChI is InChI=1S/C40H30N2/c1-2-10-27(11-3-1)29-18-21-31(22-19-29)41-35-16-8-6-14-33(35)39-37(41)24-25-38-40(39)34-15-7-9-17-36(34)42(38)32-23-20-28-12-4-5-13-30(28)26-32/h2,4,6-7,9-12,14-15,17-19,21-22,24-26H,1,3,8,16,20,23H2. The fraction of sp³-hybridized carbons (Fsp3) is 0.150. The fourth-order valence-corrected chi connectivity index (χ4v) is 7.46. The number of para-hydroxylation sites is 1. The first-order chi connectivity index (χ1) is 20.8. The summed E-state index contributed by atoms with van der Waals surface area (Å²) in [5, 5.41) is 4.04. The zero-order valence-electron chi connectivity index (χ0n) is 23.5. The molecular weight excluding hydrogens is 508 g/mol. The lowest BCUT2D eigenvalue weighted by Crippen LogP contribution is -2.04. The molecule has 0 aliphatic heterocycles. The lowest BCUT2D eigenvalue weighted by molar-refractivity contribution is 0.888. The predicted molar refractivity (Wildman–Crippen MR) is 177 cm³/mol. The molecule has 2 nitrogen and oxygen atoms in total. The molecule has 0 unspecified atom stereocenters. The Kier molecular flexibility index (Phi) is 5.22. The van der Waals surface area contributed by atoms with Crippen molar-refractivity contribution in [3.05, 3.63) is 137 Å². The summed E-state index contributed by atoms with van der Waals surface area (Å²) in [6.45, 7) is 0. The fourth-order valence-electron chi connectivity index (χ4n) is 7.46. The number of aryl methyl sites for hydroxylation is 1. The normalized spacial score (nSPS) is 15.9. The molecule has 4 aromatic carbocycles. The minimum absolute atomic E-state index is 1.01. The highest BCUT2D eigenvalue weighted by Gasteiger charge is 2.25. The summed E-state index contributed by atoms with van der Waals surface area (Å²) in [6.07, 6.45) is 20.4. The monoisotopic (exact) mass is 538 g/mol. The molecule has 0 atom stereocenters. The Bertz CT molecular complexity index is 2170. The highest BCUT2D eigenvalue weighted by molar-refractivity contribution is 6.24. The van der Waals surface area contributed by atoms with Gasteiger partial charge < -0.3 is 9.13 Å². The van der Waals surface area contributed by atoms with Crippen LogP contribution in [0.25, 0.3) is 61.8 Å². The molecule has 6 aromatic rings. The molecule has 0 spiro atoms. The number of hydrogen-bond donors (Lipinski definition) is 0. The van der Waals surface area contributed by atoms with Gasteiger partial charge in [0.1, 0.15) is 0 Å². The van der Waals surface area contributed by atoms with Gasteiger partial charge in [-0.1, -0.05) is 72.8 Å². The topological polar surface area (TPSA) is 9.86 Å². The van der Waals surface area contributed by atoms with E-state index >= 15 is 0 Å². The van der Waals surface area contributed by atoms with E-state index in [4.69, 9.17) is 0 Å². The molecule has 0 amide bonds. The zero-order valence-corrected chi connectivity index (χ0v) is 23.5. The van der Waals surface area contributed by atoms with Gasteiger partial charge >= 0.3 is 0 Å². The molecule has 9 rings (SSSR count). The molecule has 0 bridgehead atoms. The van der Waals surface area contributed by atoms with Gasteiger partial charge in [-0.05, 0) is 104 Å². The van der Waals surface area contributed by atoms with Crippen LogP contribution in [-0.2, 0) is 12.8 Å². The molecule has 2 aromatic heterocycles. The van der Waals surface area contributed by atoms with Crippen LogP contribution in [0.2, 0.25) is 0 Å². The van der Waals surface area contributed by atoms with E-state index in [1.807, 2.05) is 6.07 Å². The smallest absolute Gasteiger partial charge is 0.0545 e. The van der Waals surface area contributed by atoms with Gasteiger partial charge in [0.15, 0.2) is 0 Å². The number of fused-ring (bicyclic) bond motifs is 8. The van der Waals surface area contributed by atoms with E-state index in [0.29, 0.717) is 0 Å². The Morgan fingerprint density at radius 3 is 2.40 bits per heavy atom. The Morgan fingerprint density at radius 1 is 0.667 bits per heavy atom. The third-order valence-electron chi connectivity index (χ3n) is 9.36. The summed E-state index contributed by atoms with van der Waals surface area (Å²) in [5.74, 6) is 0. The quantitative estimate of drug-likeness (QED) is 0.212. The molecule has 0 saturated carbocycles. The molecule has 200 valence electrons. The molecule has 2 heteroatoms. The summed E-state index contributed by atoms with van der Waals surface area (Å²) in [6, 6.07) is 33.5. The maximum absolute atomic E-state index is 3.36. The summed E-state index contributed by atoms with van der Waals surface area (Å²) in [7, 11) is 0. The Morgan fingerprint density at radius 2 is 1.52 bits per heavy atom. The van der Waals surface area contributed by atoms with Crippen molar-refractivity contribution < 1.29 is 0 Å². The van der Waals surface area contributed by atoms with Gasteiger partial charge in [-0.25, -0.2) is 0 Å². The Labute approximate surface area is 246 Å². The minimum atomic E-state index is 1.01. The summed E-state index contributed by atoms with van der Waals surface area (Å²) in [5.41, 5.74) is 14.3. The molecule has 0 saturated heterocycles. The van der Waals surface area contributed by atoms with Crippen LogP contribution in [0.1, 0.15) is 53.6 Å². The lowest BCUT2D eigenvalue weighted by Gasteiger charge is -2.18. The van der Waals surface area contributed by atoms with Crippen molar-refractivity contribution in [1.29, 1.82) is 0 Å². The highest BCUT2D eigenvalue weighted by atomic mass is 15.0. The first kappa shape index (κ1) is 23.7. The van der Waals surface area contributed by atoms with Crippen LogP contribution in [0.4, 0.5) is 0 Å². The average Bonchev–Trinajstić information content (AvgIpc) is 3.58. The van der Waals surface area contributed by atoms with E-state index in [1.54, 1.807) is 0 Å². The van der Waals surface area contributed by atoms with Crippen LogP contribution in [0, 0.1) is 12.1 Å². The lowest BCUT2D eigenvalue weighted by atomic mass is 9.96. The average molecular weight is 539 g/mol. The van der Waals surface area contributed by atoms with E-state index < -0.39 is 0 Å². The van der Waals surface area contributed by atoms with Gasteiger partial charge in [-0.15, -0.1) is 0 Å². The van der Waals surface area contributed by atoms with Crippen molar-refractivity contribution in [2.24, 2.45) is 0 Å². The maximum atomic E-state index is 3.36.